The van der Waals surface area contributed by atoms with Gasteiger partial charge in [0.25, 0.3) is 0 Å². The van der Waals surface area contributed by atoms with Crippen molar-refractivity contribution in [2.24, 2.45) is 0 Å². The number of likely N-dealkylation sites (tertiary alicyclic amines) is 1. The molecule has 2 aliphatic rings. The third-order valence-electron chi connectivity index (χ3n) is 5.98. The van der Waals surface area contributed by atoms with Crippen molar-refractivity contribution < 1.29 is 13.6 Å². The molecule has 2 aromatic rings. The Balaban J connectivity index is 1.45. The van der Waals surface area contributed by atoms with Gasteiger partial charge in [0, 0.05) is 37.8 Å². The number of amides is 1. The summed E-state index contributed by atoms with van der Waals surface area (Å²) in [7, 11) is 1.66. The summed E-state index contributed by atoms with van der Waals surface area (Å²) in [6.07, 6.45) is 2.53. The first-order valence-corrected chi connectivity index (χ1v) is 9.76. The maximum absolute atomic E-state index is 13.9. The lowest BCUT2D eigenvalue weighted by atomic mass is 10.1. The summed E-state index contributed by atoms with van der Waals surface area (Å²) in [5.74, 6) is -0.853. The number of nitrogens with zero attached hydrogens (tertiary/aromatic N) is 1. The SMILES string of the molecule is CNC(=O)[C@@H]1C[C@@H](NCc2cc(F)ccc2F)CN1C1Cc2ccccc2C1. The third-order valence-corrected chi connectivity index (χ3v) is 5.98. The van der Waals surface area contributed by atoms with E-state index in [2.05, 4.69) is 39.8 Å². The molecule has 2 atom stereocenters. The summed E-state index contributed by atoms with van der Waals surface area (Å²) in [5.41, 5.74) is 3.01. The van der Waals surface area contributed by atoms with Crippen molar-refractivity contribution in [3.05, 3.63) is 70.8 Å². The summed E-state index contributed by atoms with van der Waals surface area (Å²) in [6, 6.07) is 12.0. The van der Waals surface area contributed by atoms with Crippen LogP contribution >= 0.6 is 0 Å². The molecule has 1 fully saturated rings. The number of likely N-dealkylation sites (N-methyl/N-ethyl adjacent to an activating group) is 1. The minimum atomic E-state index is -0.446. The second kappa shape index (κ2) is 7.97. The van der Waals surface area contributed by atoms with Gasteiger partial charge in [-0.15, -0.1) is 0 Å². The second-order valence-electron chi connectivity index (χ2n) is 7.71. The Morgan fingerprint density at radius 1 is 1.14 bits per heavy atom. The fourth-order valence-corrected chi connectivity index (χ4v) is 4.54. The minimum Gasteiger partial charge on any atom is -0.358 e. The van der Waals surface area contributed by atoms with Crippen LogP contribution in [0, 0.1) is 11.6 Å². The van der Waals surface area contributed by atoms with E-state index < -0.39 is 11.6 Å². The smallest absolute Gasteiger partial charge is 0.237 e. The number of nitrogens with one attached hydrogen (secondary N) is 2. The van der Waals surface area contributed by atoms with Gasteiger partial charge < -0.3 is 10.6 Å². The number of hydrogen-bond acceptors (Lipinski definition) is 3. The largest absolute Gasteiger partial charge is 0.358 e. The van der Waals surface area contributed by atoms with Crippen molar-refractivity contribution in [1.82, 2.24) is 15.5 Å². The van der Waals surface area contributed by atoms with Crippen LogP contribution in [0.1, 0.15) is 23.1 Å². The molecule has 1 saturated heterocycles. The normalized spacial score (nSPS) is 22.4. The van der Waals surface area contributed by atoms with Crippen LogP contribution in [0.3, 0.4) is 0 Å². The van der Waals surface area contributed by atoms with Crippen LogP contribution in [-0.4, -0.2) is 42.5 Å². The molecule has 0 bridgehead atoms. The standard InChI is InChI=1S/C22H25F2N3O/c1-25-22(28)21-11-18(26-12-16-8-17(23)6-7-20(16)24)13-27(21)19-9-14-4-2-3-5-15(14)10-19/h2-8,18-19,21,26H,9-13H2,1H3,(H,25,28)/t18-,21+/m1/s1. The Morgan fingerprint density at radius 2 is 1.86 bits per heavy atom. The Kier molecular flexibility index (Phi) is 5.42. The first-order valence-electron chi connectivity index (χ1n) is 9.76. The van der Waals surface area contributed by atoms with Gasteiger partial charge in [-0.2, -0.15) is 0 Å². The lowest BCUT2D eigenvalue weighted by molar-refractivity contribution is -0.125. The molecular weight excluding hydrogens is 360 g/mol. The van der Waals surface area contributed by atoms with E-state index in [9.17, 15) is 13.6 Å². The molecule has 4 nitrogen and oxygen atoms in total. The van der Waals surface area contributed by atoms with Crippen molar-refractivity contribution in [3.8, 4) is 0 Å². The van der Waals surface area contributed by atoms with E-state index >= 15 is 0 Å². The number of fused-ring (bicyclic) bond motifs is 1. The quantitative estimate of drug-likeness (QED) is 0.831. The molecule has 1 heterocycles. The molecule has 28 heavy (non-hydrogen) atoms. The molecule has 2 aromatic carbocycles. The fraction of sp³-hybridized carbons (Fsp3) is 0.409. The van der Waals surface area contributed by atoms with E-state index in [4.69, 9.17) is 0 Å². The van der Waals surface area contributed by atoms with E-state index in [1.165, 1.54) is 17.2 Å². The van der Waals surface area contributed by atoms with E-state index in [0.717, 1.165) is 25.0 Å². The number of carbonyl (C=O) groups is 1. The molecule has 148 valence electrons. The van der Waals surface area contributed by atoms with Gasteiger partial charge in [0.2, 0.25) is 5.91 Å². The molecule has 1 amide bonds. The Labute approximate surface area is 163 Å². The van der Waals surface area contributed by atoms with Crippen LogP contribution in [0.2, 0.25) is 0 Å². The van der Waals surface area contributed by atoms with Crippen molar-refractivity contribution in [3.63, 3.8) is 0 Å². The lowest BCUT2D eigenvalue weighted by Gasteiger charge is -2.29. The maximum Gasteiger partial charge on any atom is 0.237 e. The average molecular weight is 385 g/mol. The molecule has 0 unspecified atom stereocenters. The van der Waals surface area contributed by atoms with Crippen LogP contribution in [0.25, 0.3) is 0 Å². The van der Waals surface area contributed by atoms with E-state index in [1.54, 1.807) is 7.05 Å². The third kappa shape index (κ3) is 3.80. The molecule has 4 rings (SSSR count). The second-order valence-corrected chi connectivity index (χ2v) is 7.71. The molecule has 6 heteroatoms. The van der Waals surface area contributed by atoms with Crippen molar-refractivity contribution in [2.45, 2.75) is 43.9 Å². The predicted octanol–water partition coefficient (Wildman–Crippen LogP) is 2.41. The summed E-state index contributed by atoms with van der Waals surface area (Å²) < 4.78 is 27.3. The summed E-state index contributed by atoms with van der Waals surface area (Å²) in [5, 5.41) is 6.10. The highest BCUT2D eigenvalue weighted by Crippen LogP contribution is 2.31. The van der Waals surface area contributed by atoms with Crippen molar-refractivity contribution >= 4 is 5.91 Å². The summed E-state index contributed by atoms with van der Waals surface area (Å²) in [4.78, 5) is 14.8. The summed E-state index contributed by atoms with van der Waals surface area (Å²) in [6.45, 7) is 0.959. The molecular formula is C22H25F2N3O. The van der Waals surface area contributed by atoms with Gasteiger partial charge >= 0.3 is 0 Å². The number of hydrogen-bond donors (Lipinski definition) is 2. The monoisotopic (exact) mass is 385 g/mol. The van der Waals surface area contributed by atoms with E-state index in [0.29, 0.717) is 18.5 Å². The molecule has 0 saturated carbocycles. The molecule has 0 spiro atoms. The van der Waals surface area contributed by atoms with Crippen molar-refractivity contribution in [2.75, 3.05) is 13.6 Å². The Morgan fingerprint density at radius 3 is 2.54 bits per heavy atom. The predicted molar refractivity (Wildman–Crippen MR) is 104 cm³/mol. The maximum atomic E-state index is 13.9. The molecule has 1 aliphatic heterocycles. The summed E-state index contributed by atoms with van der Waals surface area (Å²) >= 11 is 0. The van der Waals surface area contributed by atoms with E-state index in [1.807, 2.05) is 0 Å². The van der Waals surface area contributed by atoms with Gasteiger partial charge in [0.05, 0.1) is 6.04 Å². The number of benzene rings is 2. The number of rotatable bonds is 5. The molecule has 0 aromatic heterocycles. The number of halogens is 2. The zero-order valence-electron chi connectivity index (χ0n) is 15.9. The molecule has 2 N–H and O–H groups in total. The first kappa shape index (κ1) is 19.0. The van der Waals surface area contributed by atoms with Crippen LogP contribution < -0.4 is 10.6 Å². The fourth-order valence-electron chi connectivity index (χ4n) is 4.54. The zero-order valence-corrected chi connectivity index (χ0v) is 15.9. The highest BCUT2D eigenvalue weighted by atomic mass is 19.1. The zero-order chi connectivity index (χ0) is 19.7. The Hall–Kier alpha value is -2.31. The highest BCUT2D eigenvalue weighted by Gasteiger charge is 2.41. The van der Waals surface area contributed by atoms with Crippen LogP contribution in [0.15, 0.2) is 42.5 Å². The van der Waals surface area contributed by atoms with Crippen LogP contribution in [0.5, 0.6) is 0 Å². The highest BCUT2D eigenvalue weighted by molar-refractivity contribution is 5.82. The first-order chi connectivity index (χ1) is 13.5. The van der Waals surface area contributed by atoms with Gasteiger partial charge in [0.1, 0.15) is 11.6 Å². The molecule has 1 aliphatic carbocycles. The molecule has 0 radical (unpaired) electrons. The van der Waals surface area contributed by atoms with Gasteiger partial charge in [-0.05, 0) is 48.6 Å². The number of carbonyl (C=O) groups excluding carboxylic acids is 1. The Bertz CT molecular complexity index is 848. The van der Waals surface area contributed by atoms with Gasteiger partial charge in [-0.25, -0.2) is 8.78 Å². The van der Waals surface area contributed by atoms with Crippen LogP contribution in [0.4, 0.5) is 8.78 Å². The van der Waals surface area contributed by atoms with Gasteiger partial charge in [-0.1, -0.05) is 24.3 Å². The van der Waals surface area contributed by atoms with Crippen molar-refractivity contribution in [1.29, 1.82) is 0 Å². The van der Waals surface area contributed by atoms with E-state index in [-0.39, 0.29) is 30.6 Å². The topological polar surface area (TPSA) is 44.4 Å². The lowest BCUT2D eigenvalue weighted by Crippen LogP contribution is -2.47. The van der Waals surface area contributed by atoms with Gasteiger partial charge in [-0.3, -0.25) is 9.69 Å². The average Bonchev–Trinajstić information content (AvgIpc) is 3.32. The van der Waals surface area contributed by atoms with Crippen LogP contribution in [-0.2, 0) is 24.2 Å². The minimum absolute atomic E-state index is 0.0113. The van der Waals surface area contributed by atoms with Gasteiger partial charge in [0.15, 0.2) is 0 Å².